The van der Waals surface area contributed by atoms with Gasteiger partial charge in [0.1, 0.15) is 5.69 Å². The van der Waals surface area contributed by atoms with E-state index < -0.39 is 0 Å². The number of fused-ring (bicyclic) bond motifs is 1. The fourth-order valence-electron chi connectivity index (χ4n) is 2.59. The van der Waals surface area contributed by atoms with E-state index in [9.17, 15) is 0 Å². The quantitative estimate of drug-likeness (QED) is 0.581. The van der Waals surface area contributed by atoms with Gasteiger partial charge in [-0.1, -0.05) is 16.8 Å². The standard InChI is InChI=1S/C16H14ClN7O/c1-8-3-4-24(23-8)16-12(21-15(19-2)14(18)22-16)9-5-10-7-20-25-13(10)11(17)6-9/h3-7H,1-2H3,(H2,18,22)(H,19,21). The van der Waals surface area contributed by atoms with E-state index in [1.54, 1.807) is 30.2 Å². The van der Waals surface area contributed by atoms with Gasteiger partial charge >= 0.3 is 0 Å². The molecule has 0 spiro atoms. The second-order valence-corrected chi connectivity index (χ2v) is 5.89. The molecule has 3 N–H and O–H groups in total. The van der Waals surface area contributed by atoms with E-state index in [2.05, 4.69) is 25.5 Å². The molecule has 0 saturated carbocycles. The van der Waals surface area contributed by atoms with Gasteiger partial charge in [0, 0.05) is 24.2 Å². The van der Waals surface area contributed by atoms with Crippen LogP contribution >= 0.6 is 11.6 Å². The van der Waals surface area contributed by atoms with Crippen molar-refractivity contribution < 1.29 is 4.52 Å². The fourth-order valence-corrected chi connectivity index (χ4v) is 2.85. The van der Waals surface area contributed by atoms with Gasteiger partial charge in [-0.2, -0.15) is 5.10 Å². The average molecular weight is 356 g/mol. The van der Waals surface area contributed by atoms with Crippen molar-refractivity contribution in [3.05, 3.63) is 41.3 Å². The molecule has 9 heteroatoms. The van der Waals surface area contributed by atoms with E-state index in [1.807, 2.05) is 19.1 Å². The van der Waals surface area contributed by atoms with Gasteiger partial charge in [-0.05, 0) is 25.1 Å². The van der Waals surface area contributed by atoms with Crippen molar-refractivity contribution in [1.29, 1.82) is 0 Å². The number of benzene rings is 1. The van der Waals surface area contributed by atoms with Crippen LogP contribution in [0.1, 0.15) is 5.69 Å². The van der Waals surface area contributed by atoms with Crippen LogP contribution in [-0.4, -0.2) is 32.0 Å². The Morgan fingerprint density at radius 1 is 1.28 bits per heavy atom. The first kappa shape index (κ1) is 15.4. The first-order valence-electron chi connectivity index (χ1n) is 7.49. The summed E-state index contributed by atoms with van der Waals surface area (Å²) in [6.07, 6.45) is 3.41. The minimum atomic E-state index is 0.284. The summed E-state index contributed by atoms with van der Waals surface area (Å²) in [7, 11) is 1.73. The van der Waals surface area contributed by atoms with E-state index >= 15 is 0 Å². The zero-order valence-electron chi connectivity index (χ0n) is 13.5. The van der Waals surface area contributed by atoms with Crippen molar-refractivity contribution >= 4 is 34.2 Å². The average Bonchev–Trinajstić information content (AvgIpc) is 3.23. The molecular formula is C16H14ClN7O. The van der Waals surface area contributed by atoms with Gasteiger partial charge in [-0.15, -0.1) is 0 Å². The van der Waals surface area contributed by atoms with Crippen LogP contribution in [0.15, 0.2) is 35.1 Å². The van der Waals surface area contributed by atoms with Crippen LogP contribution in [0.2, 0.25) is 5.02 Å². The lowest BCUT2D eigenvalue weighted by molar-refractivity contribution is 0.456. The lowest BCUT2D eigenvalue weighted by Crippen LogP contribution is -2.09. The number of nitrogen functional groups attached to an aromatic ring is 1. The molecule has 3 aromatic heterocycles. The molecule has 0 bridgehead atoms. The molecular weight excluding hydrogens is 342 g/mol. The Morgan fingerprint density at radius 2 is 2.12 bits per heavy atom. The van der Waals surface area contributed by atoms with Crippen molar-refractivity contribution in [3.8, 4) is 17.1 Å². The molecule has 1 aromatic carbocycles. The number of halogens is 1. The second-order valence-electron chi connectivity index (χ2n) is 5.48. The molecule has 0 fully saturated rings. The summed E-state index contributed by atoms with van der Waals surface area (Å²) in [5, 5.41) is 12.4. The Balaban J connectivity index is 2.00. The summed E-state index contributed by atoms with van der Waals surface area (Å²) < 4.78 is 6.79. The first-order valence-corrected chi connectivity index (χ1v) is 7.87. The topological polar surface area (TPSA) is 108 Å². The van der Waals surface area contributed by atoms with E-state index in [0.29, 0.717) is 27.9 Å². The highest BCUT2D eigenvalue weighted by Gasteiger charge is 2.18. The van der Waals surface area contributed by atoms with Crippen LogP contribution in [0.25, 0.3) is 28.0 Å². The number of hydrogen-bond acceptors (Lipinski definition) is 7. The van der Waals surface area contributed by atoms with Crippen molar-refractivity contribution in [3.63, 3.8) is 0 Å². The number of nitrogens with one attached hydrogen (secondary N) is 1. The molecule has 4 rings (SSSR count). The smallest absolute Gasteiger partial charge is 0.185 e. The van der Waals surface area contributed by atoms with Crippen LogP contribution in [0.5, 0.6) is 0 Å². The van der Waals surface area contributed by atoms with Crippen molar-refractivity contribution in [2.45, 2.75) is 6.92 Å². The first-order chi connectivity index (χ1) is 12.1. The molecule has 0 aliphatic heterocycles. The summed E-state index contributed by atoms with van der Waals surface area (Å²) in [5.74, 6) is 1.27. The van der Waals surface area contributed by atoms with Crippen molar-refractivity contribution in [2.24, 2.45) is 0 Å². The van der Waals surface area contributed by atoms with Crippen molar-refractivity contribution in [2.75, 3.05) is 18.1 Å². The molecule has 0 atom stereocenters. The molecule has 3 heterocycles. The molecule has 0 aliphatic rings. The van der Waals surface area contributed by atoms with Crippen LogP contribution < -0.4 is 11.1 Å². The van der Waals surface area contributed by atoms with E-state index in [1.165, 1.54) is 0 Å². The maximum absolute atomic E-state index is 6.32. The Morgan fingerprint density at radius 3 is 2.84 bits per heavy atom. The zero-order valence-corrected chi connectivity index (χ0v) is 14.2. The Hall–Kier alpha value is -3.13. The number of hydrogen-bond donors (Lipinski definition) is 2. The zero-order chi connectivity index (χ0) is 17.6. The van der Waals surface area contributed by atoms with Crippen LogP contribution in [0.4, 0.5) is 11.6 Å². The number of rotatable bonds is 3. The summed E-state index contributed by atoms with van der Waals surface area (Å²) in [5.41, 5.74) is 8.73. The molecule has 0 aliphatic carbocycles. The third-order valence-electron chi connectivity index (χ3n) is 3.76. The summed E-state index contributed by atoms with van der Waals surface area (Å²) in [6, 6.07) is 5.52. The van der Waals surface area contributed by atoms with Gasteiger partial charge in [-0.25, -0.2) is 14.6 Å². The van der Waals surface area contributed by atoms with Crippen LogP contribution in [-0.2, 0) is 0 Å². The highest BCUT2D eigenvalue weighted by molar-refractivity contribution is 6.35. The van der Waals surface area contributed by atoms with E-state index in [0.717, 1.165) is 16.6 Å². The second kappa shape index (κ2) is 5.75. The predicted molar refractivity (Wildman–Crippen MR) is 95.9 cm³/mol. The lowest BCUT2D eigenvalue weighted by atomic mass is 10.1. The lowest BCUT2D eigenvalue weighted by Gasteiger charge is -2.12. The van der Waals surface area contributed by atoms with Gasteiger partial charge in [0.05, 0.1) is 16.9 Å². The molecule has 0 radical (unpaired) electrons. The Kier molecular flexibility index (Phi) is 3.54. The maximum atomic E-state index is 6.32. The molecule has 0 saturated heterocycles. The summed E-state index contributed by atoms with van der Waals surface area (Å²) in [4.78, 5) is 9.08. The monoisotopic (exact) mass is 355 g/mol. The Labute approximate surface area is 147 Å². The largest absolute Gasteiger partial charge is 0.381 e. The summed E-state index contributed by atoms with van der Waals surface area (Å²) >= 11 is 6.32. The van der Waals surface area contributed by atoms with Gasteiger partial charge in [0.2, 0.25) is 0 Å². The number of aromatic nitrogens is 5. The maximum Gasteiger partial charge on any atom is 0.185 e. The molecule has 126 valence electrons. The third kappa shape index (κ3) is 2.56. The molecule has 8 nitrogen and oxygen atoms in total. The van der Waals surface area contributed by atoms with Gasteiger partial charge in [0.25, 0.3) is 0 Å². The minimum Gasteiger partial charge on any atom is -0.381 e. The van der Waals surface area contributed by atoms with Gasteiger partial charge in [0.15, 0.2) is 23.0 Å². The highest BCUT2D eigenvalue weighted by Crippen LogP contribution is 2.33. The number of nitrogens with zero attached hydrogens (tertiary/aromatic N) is 5. The molecule has 25 heavy (non-hydrogen) atoms. The highest BCUT2D eigenvalue weighted by atomic mass is 35.5. The normalized spacial score (nSPS) is 11.2. The predicted octanol–water partition coefficient (Wildman–Crippen LogP) is 3.06. The number of nitrogens with two attached hydrogens (primary N) is 1. The summed E-state index contributed by atoms with van der Waals surface area (Å²) in [6.45, 7) is 1.90. The Bertz CT molecular complexity index is 1090. The SMILES string of the molecule is CNc1nc(-c2cc(Cl)c3oncc3c2)c(-n2ccc(C)n2)nc1N. The van der Waals surface area contributed by atoms with Gasteiger partial charge in [-0.3, -0.25) is 0 Å². The van der Waals surface area contributed by atoms with Crippen LogP contribution in [0, 0.1) is 6.92 Å². The molecule has 4 aromatic rings. The van der Waals surface area contributed by atoms with Crippen LogP contribution in [0.3, 0.4) is 0 Å². The number of aryl methyl sites for hydroxylation is 1. The fraction of sp³-hybridized carbons (Fsp3) is 0.125. The van der Waals surface area contributed by atoms with Gasteiger partial charge < -0.3 is 15.6 Å². The number of anilines is 2. The third-order valence-corrected chi connectivity index (χ3v) is 4.04. The molecule has 0 amide bonds. The minimum absolute atomic E-state index is 0.284. The van der Waals surface area contributed by atoms with E-state index in [-0.39, 0.29) is 5.82 Å². The molecule has 0 unspecified atom stereocenters. The van der Waals surface area contributed by atoms with E-state index in [4.69, 9.17) is 21.9 Å². The van der Waals surface area contributed by atoms with Crippen molar-refractivity contribution in [1.82, 2.24) is 24.9 Å².